The molecule has 0 radical (unpaired) electrons. The molecule has 3 rings (SSSR count). The molecule has 0 spiro atoms. The topological polar surface area (TPSA) is 95.9 Å². The van der Waals surface area contributed by atoms with Crippen molar-refractivity contribution in [1.82, 2.24) is 5.32 Å². The monoisotopic (exact) mass is 369 g/mol. The molecule has 0 fully saturated rings. The van der Waals surface area contributed by atoms with Gasteiger partial charge in [-0.25, -0.2) is 4.79 Å². The maximum Gasteiger partial charge on any atom is 0.407 e. The second-order valence-corrected chi connectivity index (χ2v) is 6.59. The fourth-order valence-corrected chi connectivity index (χ4v) is 3.26. The number of aliphatic hydroxyl groups is 2. The van der Waals surface area contributed by atoms with Crippen LogP contribution in [0.1, 0.15) is 46.0 Å². The fraction of sp³-hybridized carbons (Fsp3) is 0.333. The largest absolute Gasteiger partial charge is 0.445 e. The lowest BCUT2D eigenvalue weighted by molar-refractivity contribution is 0.0132. The van der Waals surface area contributed by atoms with E-state index in [9.17, 15) is 19.8 Å². The Hall–Kier alpha value is -2.70. The number of amides is 1. The summed E-state index contributed by atoms with van der Waals surface area (Å²) in [4.78, 5) is 23.5. The predicted octanol–water partition coefficient (Wildman–Crippen LogP) is 2.53. The summed E-state index contributed by atoms with van der Waals surface area (Å²) in [6.07, 6.45) is -1.55. The van der Waals surface area contributed by atoms with E-state index in [1.165, 1.54) is 0 Å². The predicted molar refractivity (Wildman–Crippen MR) is 99.3 cm³/mol. The van der Waals surface area contributed by atoms with Crippen molar-refractivity contribution >= 4 is 11.9 Å². The number of benzene rings is 2. The van der Waals surface area contributed by atoms with Gasteiger partial charge in [0.15, 0.2) is 5.78 Å². The van der Waals surface area contributed by atoms with E-state index in [0.717, 1.165) is 11.1 Å². The molecular formula is C21H23NO5. The lowest BCUT2D eigenvalue weighted by Crippen LogP contribution is -2.30. The number of fused-ring (bicyclic) bond motifs is 1. The van der Waals surface area contributed by atoms with Gasteiger partial charge in [0, 0.05) is 18.5 Å². The van der Waals surface area contributed by atoms with Gasteiger partial charge in [-0.05, 0) is 29.5 Å². The van der Waals surface area contributed by atoms with Crippen molar-refractivity contribution in [3.63, 3.8) is 0 Å². The summed E-state index contributed by atoms with van der Waals surface area (Å²) in [5, 5.41) is 23.3. The maximum atomic E-state index is 11.8. The van der Waals surface area contributed by atoms with Crippen LogP contribution in [-0.2, 0) is 17.8 Å². The summed E-state index contributed by atoms with van der Waals surface area (Å²) < 4.78 is 5.10. The number of ether oxygens (including phenoxy) is 1. The highest BCUT2D eigenvalue weighted by atomic mass is 16.5. The normalized spacial score (nSPS) is 15.1. The maximum absolute atomic E-state index is 11.8. The Morgan fingerprint density at radius 1 is 1.07 bits per heavy atom. The van der Waals surface area contributed by atoms with Crippen LogP contribution < -0.4 is 5.32 Å². The van der Waals surface area contributed by atoms with Gasteiger partial charge in [-0.2, -0.15) is 0 Å². The molecule has 6 nitrogen and oxygen atoms in total. The number of ketones is 1. The third-order valence-corrected chi connectivity index (χ3v) is 4.72. The summed E-state index contributed by atoms with van der Waals surface area (Å²) in [5.74, 6) is 0.0661. The number of rotatable bonds is 7. The molecule has 0 aromatic heterocycles. The minimum atomic E-state index is -1.10. The molecule has 3 N–H and O–H groups in total. The van der Waals surface area contributed by atoms with Gasteiger partial charge in [-0.1, -0.05) is 48.5 Å². The van der Waals surface area contributed by atoms with Crippen molar-refractivity contribution in [2.24, 2.45) is 0 Å². The van der Waals surface area contributed by atoms with Gasteiger partial charge in [0.1, 0.15) is 12.7 Å². The van der Waals surface area contributed by atoms with Crippen LogP contribution in [0.2, 0.25) is 0 Å². The quantitative estimate of drug-likeness (QED) is 0.697. The average molecular weight is 369 g/mol. The third-order valence-electron chi connectivity index (χ3n) is 4.72. The Morgan fingerprint density at radius 3 is 2.63 bits per heavy atom. The van der Waals surface area contributed by atoms with Crippen LogP contribution in [-0.4, -0.2) is 34.7 Å². The molecule has 2 atom stereocenters. The molecule has 0 saturated heterocycles. The van der Waals surface area contributed by atoms with E-state index in [2.05, 4.69) is 5.32 Å². The molecule has 2 aromatic carbocycles. The molecule has 0 bridgehead atoms. The average Bonchev–Trinajstić information content (AvgIpc) is 3.07. The van der Waals surface area contributed by atoms with Crippen molar-refractivity contribution < 1.29 is 24.5 Å². The van der Waals surface area contributed by atoms with Crippen LogP contribution in [0.3, 0.4) is 0 Å². The molecule has 1 aliphatic rings. The van der Waals surface area contributed by atoms with E-state index in [-0.39, 0.29) is 25.4 Å². The number of alkyl carbamates (subject to hydrolysis) is 1. The highest BCUT2D eigenvalue weighted by molar-refractivity contribution is 6.00. The Kier molecular flexibility index (Phi) is 6.21. The molecule has 6 heteroatoms. The first kappa shape index (κ1) is 19.1. The van der Waals surface area contributed by atoms with Gasteiger partial charge < -0.3 is 20.3 Å². The highest BCUT2D eigenvalue weighted by Crippen LogP contribution is 2.31. The Bertz CT molecular complexity index is 805. The Morgan fingerprint density at radius 2 is 1.85 bits per heavy atom. The zero-order valence-corrected chi connectivity index (χ0v) is 14.9. The number of hydrogen-bond acceptors (Lipinski definition) is 5. The first-order valence-corrected chi connectivity index (χ1v) is 9.02. The van der Waals surface area contributed by atoms with Crippen molar-refractivity contribution in [3.05, 3.63) is 70.8 Å². The number of carbonyl (C=O) groups excluding carboxylic acids is 2. The van der Waals surface area contributed by atoms with Crippen LogP contribution >= 0.6 is 0 Å². The van der Waals surface area contributed by atoms with E-state index in [0.29, 0.717) is 24.0 Å². The van der Waals surface area contributed by atoms with Gasteiger partial charge in [0.05, 0.1) is 6.10 Å². The minimum absolute atomic E-state index is 0.0661. The summed E-state index contributed by atoms with van der Waals surface area (Å²) in [7, 11) is 0. The molecule has 0 saturated carbocycles. The second kappa shape index (κ2) is 8.79. The van der Waals surface area contributed by atoms with E-state index < -0.39 is 18.3 Å². The zero-order valence-electron chi connectivity index (χ0n) is 14.9. The van der Waals surface area contributed by atoms with Crippen LogP contribution in [0.25, 0.3) is 0 Å². The molecular weight excluding hydrogens is 346 g/mol. The van der Waals surface area contributed by atoms with Crippen LogP contribution in [0.5, 0.6) is 0 Å². The molecule has 0 aliphatic heterocycles. The summed E-state index contributed by atoms with van der Waals surface area (Å²) in [6, 6.07) is 14.5. The van der Waals surface area contributed by atoms with Gasteiger partial charge in [-0.3, -0.25) is 4.79 Å². The third kappa shape index (κ3) is 4.72. The lowest BCUT2D eigenvalue weighted by atomic mass is 9.95. The van der Waals surface area contributed by atoms with E-state index >= 15 is 0 Å². The molecule has 1 aliphatic carbocycles. The number of hydrogen-bond donors (Lipinski definition) is 3. The SMILES string of the molecule is O=C(NCCC(O)C(O)c1cccc2c1CCC2=O)OCc1ccccc1. The molecule has 1 amide bonds. The van der Waals surface area contributed by atoms with Crippen molar-refractivity contribution in [2.45, 2.75) is 38.1 Å². The summed E-state index contributed by atoms with van der Waals surface area (Å²) in [5.41, 5.74) is 2.90. The molecule has 0 heterocycles. The number of carbonyl (C=O) groups is 2. The zero-order chi connectivity index (χ0) is 19.2. The summed E-state index contributed by atoms with van der Waals surface area (Å²) in [6.45, 7) is 0.335. The fourth-order valence-electron chi connectivity index (χ4n) is 3.26. The minimum Gasteiger partial charge on any atom is -0.445 e. The van der Waals surface area contributed by atoms with Gasteiger partial charge in [0.25, 0.3) is 0 Å². The highest BCUT2D eigenvalue weighted by Gasteiger charge is 2.27. The first-order valence-electron chi connectivity index (χ1n) is 9.02. The van der Waals surface area contributed by atoms with E-state index in [1.807, 2.05) is 30.3 Å². The first-order chi connectivity index (χ1) is 13.1. The van der Waals surface area contributed by atoms with Crippen LogP contribution in [0.4, 0.5) is 4.79 Å². The van der Waals surface area contributed by atoms with Gasteiger partial charge in [0.2, 0.25) is 0 Å². The van der Waals surface area contributed by atoms with Crippen molar-refractivity contribution in [2.75, 3.05) is 6.54 Å². The van der Waals surface area contributed by atoms with Gasteiger partial charge in [-0.15, -0.1) is 0 Å². The Balaban J connectivity index is 1.46. The number of nitrogens with one attached hydrogen (secondary N) is 1. The smallest absolute Gasteiger partial charge is 0.407 e. The summed E-state index contributed by atoms with van der Waals surface area (Å²) >= 11 is 0. The van der Waals surface area contributed by atoms with Crippen LogP contribution in [0, 0.1) is 0 Å². The molecule has 2 aromatic rings. The Labute approximate surface area is 157 Å². The van der Waals surface area contributed by atoms with Gasteiger partial charge >= 0.3 is 6.09 Å². The molecule has 27 heavy (non-hydrogen) atoms. The lowest BCUT2D eigenvalue weighted by Gasteiger charge is -2.20. The van der Waals surface area contributed by atoms with E-state index in [4.69, 9.17) is 4.74 Å². The second-order valence-electron chi connectivity index (χ2n) is 6.59. The van der Waals surface area contributed by atoms with Crippen LogP contribution in [0.15, 0.2) is 48.5 Å². The standard InChI is InChI=1S/C21H23NO5/c23-18-10-9-15-16(18)7-4-8-17(15)20(25)19(24)11-12-22-21(26)27-13-14-5-2-1-3-6-14/h1-8,19-20,24-25H,9-13H2,(H,22,26). The molecule has 142 valence electrons. The van der Waals surface area contributed by atoms with Crippen molar-refractivity contribution in [3.8, 4) is 0 Å². The number of aliphatic hydroxyl groups excluding tert-OH is 2. The van der Waals surface area contributed by atoms with E-state index in [1.54, 1.807) is 18.2 Å². The molecule has 2 unspecified atom stereocenters. The van der Waals surface area contributed by atoms with Crippen molar-refractivity contribution in [1.29, 1.82) is 0 Å². The number of Topliss-reactive ketones (excluding diaryl/α,β-unsaturated/α-hetero) is 1.